The lowest BCUT2D eigenvalue weighted by molar-refractivity contribution is -0.691. The minimum Gasteiger partial charge on any atom is -0.370 e. The van der Waals surface area contributed by atoms with E-state index >= 15 is 0 Å². The van der Waals surface area contributed by atoms with Crippen LogP contribution >= 0.6 is 0 Å². The number of hydrogen-bond acceptors (Lipinski definition) is 3. The molecule has 1 aromatic heterocycles. The van der Waals surface area contributed by atoms with Crippen molar-refractivity contribution in [3.8, 4) is 0 Å². The highest BCUT2D eigenvalue weighted by molar-refractivity contribution is 6.58. The number of pyridine rings is 1. The van der Waals surface area contributed by atoms with E-state index in [-0.39, 0.29) is 0 Å². The molecule has 0 saturated carbocycles. The Bertz CT molecular complexity index is 379. The summed E-state index contributed by atoms with van der Waals surface area (Å²) >= 11 is 0. The average Bonchev–Trinajstić information content (AvgIpc) is 2.51. The van der Waals surface area contributed by atoms with Crippen LogP contribution in [0.25, 0.3) is 0 Å². The summed E-state index contributed by atoms with van der Waals surface area (Å²) in [7, 11) is -2.67. The van der Waals surface area contributed by atoms with Gasteiger partial charge in [0.05, 0.1) is 0 Å². The Labute approximate surface area is 130 Å². The zero-order valence-corrected chi connectivity index (χ0v) is 14.9. The van der Waals surface area contributed by atoms with Crippen molar-refractivity contribution in [3.05, 3.63) is 30.1 Å². The van der Waals surface area contributed by atoms with Crippen molar-refractivity contribution in [3.63, 3.8) is 0 Å². The van der Waals surface area contributed by atoms with Crippen LogP contribution in [0.2, 0.25) is 0 Å². The van der Waals surface area contributed by atoms with E-state index in [4.69, 9.17) is 13.3 Å². The predicted octanol–water partition coefficient (Wildman–Crippen LogP) is 3.04. The van der Waals surface area contributed by atoms with Gasteiger partial charge in [-0.15, -0.1) is 0 Å². The molecule has 0 unspecified atom stereocenters. The van der Waals surface area contributed by atoms with Gasteiger partial charge in [0, 0.05) is 38.9 Å². The van der Waals surface area contributed by atoms with E-state index in [0.29, 0.717) is 26.0 Å². The number of aromatic nitrogens is 1. The molecule has 0 fully saturated rings. The summed E-state index contributed by atoms with van der Waals surface area (Å²) in [5.74, 6) is 0. The zero-order chi connectivity index (χ0) is 15.6. The molecule has 0 saturated heterocycles. The zero-order valence-electron chi connectivity index (χ0n) is 13.9. The van der Waals surface area contributed by atoms with Gasteiger partial charge in [-0.3, -0.25) is 0 Å². The molecular formula is C16H30NO3Si+. The van der Waals surface area contributed by atoms with Gasteiger partial charge in [0.1, 0.15) is 0 Å². The molecule has 4 nitrogen and oxygen atoms in total. The Kier molecular flexibility index (Phi) is 8.76. The van der Waals surface area contributed by atoms with Crippen LogP contribution < -0.4 is 4.57 Å². The monoisotopic (exact) mass is 312 g/mol. The molecule has 0 spiro atoms. The average molecular weight is 313 g/mol. The molecule has 0 radical (unpaired) electrons. The maximum atomic E-state index is 6.12. The van der Waals surface area contributed by atoms with Crippen LogP contribution in [0.15, 0.2) is 24.4 Å². The van der Waals surface area contributed by atoms with E-state index in [2.05, 4.69) is 44.5 Å². The van der Waals surface area contributed by atoms with Crippen molar-refractivity contribution >= 4 is 8.80 Å². The van der Waals surface area contributed by atoms with Gasteiger partial charge >= 0.3 is 8.80 Å². The number of nitrogens with zero attached hydrogens (tertiary/aromatic N) is 1. The molecule has 0 aromatic carbocycles. The molecule has 21 heavy (non-hydrogen) atoms. The van der Waals surface area contributed by atoms with Gasteiger partial charge in [0.25, 0.3) is 0 Å². The van der Waals surface area contributed by atoms with Gasteiger partial charge in [-0.1, -0.05) is 26.8 Å². The van der Waals surface area contributed by atoms with Crippen molar-refractivity contribution in [2.45, 2.75) is 53.1 Å². The van der Waals surface area contributed by atoms with E-state index in [1.165, 1.54) is 5.69 Å². The van der Waals surface area contributed by atoms with Gasteiger partial charge in [-0.2, -0.15) is 4.57 Å². The highest BCUT2D eigenvalue weighted by atomic mass is 28.4. The predicted molar refractivity (Wildman–Crippen MR) is 85.9 cm³/mol. The fraction of sp³-hybridized carbons (Fsp3) is 0.688. The molecule has 5 heteroatoms. The molecule has 1 rings (SSSR count). The Balaban J connectivity index is 2.92. The van der Waals surface area contributed by atoms with Gasteiger partial charge < -0.3 is 13.3 Å². The first kappa shape index (κ1) is 18.3. The van der Waals surface area contributed by atoms with Crippen molar-refractivity contribution in [2.24, 2.45) is 0 Å². The molecule has 0 amide bonds. The minimum atomic E-state index is -2.67. The van der Waals surface area contributed by atoms with Crippen molar-refractivity contribution in [1.82, 2.24) is 0 Å². The Morgan fingerprint density at radius 3 is 1.86 bits per heavy atom. The molecule has 0 bridgehead atoms. The highest BCUT2D eigenvalue weighted by Gasteiger charge is 2.46. The van der Waals surface area contributed by atoms with Gasteiger partial charge in [-0.05, 0) is 19.3 Å². The van der Waals surface area contributed by atoms with Crippen LogP contribution in [0.1, 0.15) is 45.7 Å². The fourth-order valence-electron chi connectivity index (χ4n) is 1.98. The van der Waals surface area contributed by atoms with Gasteiger partial charge in [0.15, 0.2) is 11.9 Å². The minimum absolute atomic E-state index is 0.680. The van der Waals surface area contributed by atoms with E-state index in [1.807, 2.05) is 12.1 Å². The molecule has 1 heterocycles. The number of hydrogen-bond donors (Lipinski definition) is 0. The molecule has 0 aliphatic rings. The standard InChI is InChI=1S/C16H30NO3Si/c1-5-12-18-21(19-13-6-2,20-14-7-3)15-17-11-9-8-10-16(17)4/h8-11H,5-7,12-15H2,1-4H3/q+1. The lowest BCUT2D eigenvalue weighted by Gasteiger charge is -2.27. The van der Waals surface area contributed by atoms with Crippen LogP contribution in [0, 0.1) is 6.92 Å². The second-order valence-corrected chi connectivity index (χ2v) is 7.75. The molecule has 0 atom stereocenters. The van der Waals surface area contributed by atoms with E-state index in [0.717, 1.165) is 19.3 Å². The molecule has 0 aliphatic heterocycles. The lowest BCUT2D eigenvalue weighted by Crippen LogP contribution is -2.59. The first-order valence-electron chi connectivity index (χ1n) is 8.04. The van der Waals surface area contributed by atoms with E-state index in [9.17, 15) is 0 Å². The van der Waals surface area contributed by atoms with Crippen LogP contribution in [-0.4, -0.2) is 28.6 Å². The van der Waals surface area contributed by atoms with Crippen LogP contribution in [-0.2, 0) is 19.4 Å². The quantitative estimate of drug-likeness (QED) is 0.465. The maximum Gasteiger partial charge on any atom is 0.570 e. The largest absolute Gasteiger partial charge is 0.570 e. The van der Waals surface area contributed by atoms with Gasteiger partial charge in [0.2, 0.25) is 6.17 Å². The topological polar surface area (TPSA) is 31.6 Å². The summed E-state index contributed by atoms with van der Waals surface area (Å²) < 4.78 is 20.5. The summed E-state index contributed by atoms with van der Waals surface area (Å²) in [5.41, 5.74) is 1.19. The molecule has 1 aromatic rings. The lowest BCUT2D eigenvalue weighted by atomic mass is 10.4. The Morgan fingerprint density at radius 1 is 0.905 bits per heavy atom. The normalized spacial score (nSPS) is 11.8. The third-order valence-electron chi connectivity index (χ3n) is 3.11. The first-order chi connectivity index (χ1) is 10.2. The van der Waals surface area contributed by atoms with Crippen LogP contribution in [0.5, 0.6) is 0 Å². The summed E-state index contributed by atoms with van der Waals surface area (Å²) in [5, 5.41) is 0. The fourth-order valence-corrected chi connectivity index (χ4v) is 4.82. The van der Waals surface area contributed by atoms with E-state index in [1.54, 1.807) is 0 Å². The van der Waals surface area contributed by atoms with Crippen LogP contribution in [0.3, 0.4) is 0 Å². The van der Waals surface area contributed by atoms with Gasteiger partial charge in [-0.25, -0.2) is 0 Å². The second-order valence-electron chi connectivity index (χ2n) is 5.20. The molecule has 0 N–H and O–H groups in total. The first-order valence-corrected chi connectivity index (χ1v) is 9.97. The summed E-state index contributed by atoms with van der Waals surface area (Å²) in [6, 6.07) is 6.17. The third kappa shape index (κ3) is 6.26. The molecule has 120 valence electrons. The van der Waals surface area contributed by atoms with Crippen molar-refractivity contribution in [1.29, 1.82) is 0 Å². The Morgan fingerprint density at radius 2 is 1.43 bits per heavy atom. The van der Waals surface area contributed by atoms with Crippen molar-refractivity contribution in [2.75, 3.05) is 19.8 Å². The highest BCUT2D eigenvalue weighted by Crippen LogP contribution is 2.13. The Hall–Kier alpha value is -0.753. The smallest absolute Gasteiger partial charge is 0.370 e. The number of rotatable bonds is 11. The molecular weight excluding hydrogens is 282 g/mol. The van der Waals surface area contributed by atoms with E-state index < -0.39 is 8.80 Å². The second kappa shape index (κ2) is 10.1. The number of aryl methyl sites for hydroxylation is 1. The SMILES string of the molecule is CCCO[Si](C[n+]1ccccc1C)(OCCC)OCCC. The third-order valence-corrected chi connectivity index (χ3v) is 5.77. The maximum absolute atomic E-state index is 6.12. The summed E-state index contributed by atoms with van der Waals surface area (Å²) in [6.07, 6.45) is 5.66. The summed E-state index contributed by atoms with van der Waals surface area (Å²) in [6.45, 7) is 10.5. The van der Waals surface area contributed by atoms with Crippen molar-refractivity contribution < 1.29 is 17.8 Å². The summed E-state index contributed by atoms with van der Waals surface area (Å²) in [4.78, 5) is 0. The molecule has 0 aliphatic carbocycles. The van der Waals surface area contributed by atoms with Crippen LogP contribution in [0.4, 0.5) is 0 Å².